The molecule has 3 aromatic rings. The Kier molecular flexibility index (Phi) is 8.26. The fraction of sp³-hybridized carbons (Fsp3) is 0.231. The van der Waals surface area contributed by atoms with Crippen molar-refractivity contribution in [2.24, 2.45) is 0 Å². The lowest BCUT2D eigenvalue weighted by atomic mass is 10.2. The molecule has 0 fully saturated rings. The molecule has 1 N–H and O–H groups in total. The van der Waals surface area contributed by atoms with E-state index in [4.69, 9.17) is 9.47 Å². The summed E-state index contributed by atoms with van der Waals surface area (Å²) in [6.07, 6.45) is 0. The monoisotopic (exact) mass is 432 g/mol. The molecule has 6 nitrogen and oxygen atoms in total. The van der Waals surface area contributed by atoms with Gasteiger partial charge in [0.15, 0.2) is 6.61 Å². The fourth-order valence-corrected chi connectivity index (χ4v) is 3.11. The minimum atomic E-state index is -0.280. The standard InChI is InChI=1S/C26H28N2O4/c1-3-28(4-2)26(30)21-10-12-22(13-11-21)27-25(29)19-32-24-16-14-23(15-17-24)31-18-20-8-6-5-7-9-20/h5-17H,3-4,18-19H2,1-2H3,(H,27,29). The number of amides is 2. The van der Waals surface area contributed by atoms with Crippen molar-refractivity contribution in [3.63, 3.8) is 0 Å². The zero-order chi connectivity index (χ0) is 22.8. The molecule has 0 unspecified atom stereocenters. The Hall–Kier alpha value is -3.80. The lowest BCUT2D eigenvalue weighted by molar-refractivity contribution is -0.118. The Balaban J connectivity index is 1.45. The molecule has 2 amide bonds. The molecule has 0 aromatic heterocycles. The predicted molar refractivity (Wildman–Crippen MR) is 125 cm³/mol. The molecular weight excluding hydrogens is 404 g/mol. The number of benzene rings is 3. The first-order valence-electron chi connectivity index (χ1n) is 10.7. The van der Waals surface area contributed by atoms with E-state index in [1.807, 2.05) is 56.3 Å². The first-order chi connectivity index (χ1) is 15.6. The van der Waals surface area contributed by atoms with E-state index in [-0.39, 0.29) is 18.4 Å². The maximum absolute atomic E-state index is 12.3. The number of nitrogens with zero attached hydrogens (tertiary/aromatic N) is 1. The molecule has 0 saturated carbocycles. The van der Waals surface area contributed by atoms with Crippen molar-refractivity contribution in [2.45, 2.75) is 20.5 Å². The maximum Gasteiger partial charge on any atom is 0.262 e. The number of rotatable bonds is 10. The van der Waals surface area contributed by atoms with Crippen molar-refractivity contribution in [3.8, 4) is 11.5 Å². The zero-order valence-corrected chi connectivity index (χ0v) is 18.4. The number of carbonyl (C=O) groups excluding carboxylic acids is 2. The molecule has 3 aromatic carbocycles. The molecule has 0 radical (unpaired) electrons. The quantitative estimate of drug-likeness (QED) is 0.501. The Morgan fingerprint density at radius 1 is 0.781 bits per heavy atom. The van der Waals surface area contributed by atoms with Crippen LogP contribution in [0.4, 0.5) is 5.69 Å². The van der Waals surface area contributed by atoms with Crippen LogP contribution in [0.1, 0.15) is 29.8 Å². The molecule has 3 rings (SSSR count). The molecule has 166 valence electrons. The van der Waals surface area contributed by atoms with E-state index < -0.39 is 0 Å². The number of carbonyl (C=O) groups is 2. The summed E-state index contributed by atoms with van der Waals surface area (Å²) in [5, 5.41) is 2.77. The van der Waals surface area contributed by atoms with Gasteiger partial charge in [0.25, 0.3) is 11.8 Å². The van der Waals surface area contributed by atoms with E-state index in [1.54, 1.807) is 41.3 Å². The summed E-state index contributed by atoms with van der Waals surface area (Å²) >= 11 is 0. The van der Waals surface area contributed by atoms with Crippen molar-refractivity contribution < 1.29 is 19.1 Å². The lowest BCUT2D eigenvalue weighted by Crippen LogP contribution is -2.30. The summed E-state index contributed by atoms with van der Waals surface area (Å²) < 4.78 is 11.3. The third-order valence-corrected chi connectivity index (χ3v) is 4.91. The van der Waals surface area contributed by atoms with Gasteiger partial charge >= 0.3 is 0 Å². The minimum Gasteiger partial charge on any atom is -0.489 e. The van der Waals surface area contributed by atoms with Crippen LogP contribution in [0, 0.1) is 0 Å². The van der Waals surface area contributed by atoms with Crippen molar-refractivity contribution in [1.29, 1.82) is 0 Å². The summed E-state index contributed by atoms with van der Waals surface area (Å²) in [7, 11) is 0. The van der Waals surface area contributed by atoms with Crippen LogP contribution in [-0.4, -0.2) is 36.4 Å². The fourth-order valence-electron chi connectivity index (χ4n) is 3.11. The van der Waals surface area contributed by atoms with Gasteiger partial charge in [-0.3, -0.25) is 9.59 Å². The summed E-state index contributed by atoms with van der Waals surface area (Å²) in [5.41, 5.74) is 2.30. The van der Waals surface area contributed by atoms with Gasteiger partial charge in [0.05, 0.1) is 0 Å². The van der Waals surface area contributed by atoms with Gasteiger partial charge in [-0.15, -0.1) is 0 Å². The van der Waals surface area contributed by atoms with E-state index in [2.05, 4.69) is 5.32 Å². The van der Waals surface area contributed by atoms with E-state index in [1.165, 1.54) is 0 Å². The molecule has 0 spiro atoms. The van der Waals surface area contributed by atoms with Crippen LogP contribution in [-0.2, 0) is 11.4 Å². The predicted octanol–water partition coefficient (Wildman–Crippen LogP) is 4.77. The summed E-state index contributed by atoms with van der Waals surface area (Å²) in [4.78, 5) is 26.3. The van der Waals surface area contributed by atoms with Gasteiger partial charge in [0.2, 0.25) is 0 Å². The Morgan fingerprint density at radius 2 is 1.38 bits per heavy atom. The Morgan fingerprint density at radius 3 is 1.97 bits per heavy atom. The normalized spacial score (nSPS) is 10.3. The molecule has 0 bridgehead atoms. The van der Waals surface area contributed by atoms with Crippen molar-refractivity contribution >= 4 is 17.5 Å². The number of nitrogens with one attached hydrogen (secondary N) is 1. The SMILES string of the molecule is CCN(CC)C(=O)c1ccc(NC(=O)COc2ccc(OCc3ccccc3)cc2)cc1. The van der Waals surface area contributed by atoms with Gasteiger partial charge in [-0.25, -0.2) is 0 Å². The highest BCUT2D eigenvalue weighted by atomic mass is 16.5. The van der Waals surface area contributed by atoms with Crippen LogP contribution < -0.4 is 14.8 Å². The van der Waals surface area contributed by atoms with Crippen LogP contribution in [0.15, 0.2) is 78.9 Å². The summed E-state index contributed by atoms with van der Waals surface area (Å²) in [6.45, 7) is 5.58. The zero-order valence-electron chi connectivity index (χ0n) is 18.4. The van der Waals surface area contributed by atoms with E-state index in [9.17, 15) is 9.59 Å². The highest BCUT2D eigenvalue weighted by molar-refractivity contribution is 5.96. The first-order valence-corrected chi connectivity index (χ1v) is 10.7. The minimum absolute atomic E-state index is 0.0209. The number of anilines is 1. The van der Waals surface area contributed by atoms with Crippen molar-refractivity contribution in [1.82, 2.24) is 4.90 Å². The van der Waals surface area contributed by atoms with Crippen LogP contribution >= 0.6 is 0 Å². The van der Waals surface area contributed by atoms with E-state index in [0.29, 0.717) is 36.7 Å². The van der Waals surface area contributed by atoms with Gasteiger partial charge in [-0.2, -0.15) is 0 Å². The van der Waals surface area contributed by atoms with E-state index >= 15 is 0 Å². The summed E-state index contributed by atoms with van der Waals surface area (Å²) in [5.74, 6) is 1.00. The second kappa shape index (κ2) is 11.6. The highest BCUT2D eigenvalue weighted by Gasteiger charge is 2.12. The van der Waals surface area contributed by atoms with Crippen molar-refractivity contribution in [3.05, 3.63) is 90.0 Å². The Bertz CT molecular complexity index is 998. The molecule has 0 aliphatic heterocycles. The average molecular weight is 433 g/mol. The van der Waals surface area contributed by atoms with Crippen molar-refractivity contribution in [2.75, 3.05) is 25.0 Å². The number of hydrogen-bond donors (Lipinski definition) is 1. The molecule has 0 aliphatic carbocycles. The van der Waals surface area contributed by atoms with Crippen LogP contribution in [0.2, 0.25) is 0 Å². The third kappa shape index (κ3) is 6.60. The van der Waals surface area contributed by atoms with Crippen LogP contribution in [0.25, 0.3) is 0 Å². The highest BCUT2D eigenvalue weighted by Crippen LogP contribution is 2.19. The second-order valence-corrected chi connectivity index (χ2v) is 7.14. The number of hydrogen-bond acceptors (Lipinski definition) is 4. The number of ether oxygens (including phenoxy) is 2. The molecule has 0 aliphatic rings. The molecule has 0 atom stereocenters. The largest absolute Gasteiger partial charge is 0.489 e. The maximum atomic E-state index is 12.3. The topological polar surface area (TPSA) is 67.9 Å². The third-order valence-electron chi connectivity index (χ3n) is 4.91. The average Bonchev–Trinajstić information content (AvgIpc) is 2.84. The Labute approximate surface area is 188 Å². The molecule has 0 saturated heterocycles. The van der Waals surface area contributed by atoms with Gasteiger partial charge in [0.1, 0.15) is 18.1 Å². The first kappa shape index (κ1) is 22.9. The van der Waals surface area contributed by atoms with Gasteiger partial charge in [-0.05, 0) is 67.9 Å². The van der Waals surface area contributed by atoms with Gasteiger partial charge in [0, 0.05) is 24.3 Å². The van der Waals surface area contributed by atoms with Crippen LogP contribution in [0.5, 0.6) is 11.5 Å². The second-order valence-electron chi connectivity index (χ2n) is 7.14. The van der Waals surface area contributed by atoms with E-state index in [0.717, 1.165) is 11.3 Å². The smallest absolute Gasteiger partial charge is 0.262 e. The van der Waals surface area contributed by atoms with Gasteiger partial charge in [-0.1, -0.05) is 30.3 Å². The molecule has 6 heteroatoms. The molecular formula is C26H28N2O4. The lowest BCUT2D eigenvalue weighted by Gasteiger charge is -2.18. The summed E-state index contributed by atoms with van der Waals surface area (Å²) in [6, 6.07) is 23.9. The van der Waals surface area contributed by atoms with Gasteiger partial charge < -0.3 is 19.7 Å². The molecule has 32 heavy (non-hydrogen) atoms. The molecule has 0 heterocycles. The van der Waals surface area contributed by atoms with Crippen LogP contribution in [0.3, 0.4) is 0 Å².